The molecule has 18 heavy (non-hydrogen) atoms. The van der Waals surface area contributed by atoms with Crippen molar-refractivity contribution >= 4 is 5.91 Å². The lowest BCUT2D eigenvalue weighted by molar-refractivity contribution is -0.131. The number of amides is 1. The van der Waals surface area contributed by atoms with Gasteiger partial charge in [-0.2, -0.15) is 0 Å². The zero-order valence-electron chi connectivity index (χ0n) is 13.0. The predicted octanol–water partition coefficient (Wildman–Crippen LogP) is 4.63. The molecule has 1 atom stereocenters. The first-order valence-electron chi connectivity index (χ1n) is 7.97. The Kier molecular flexibility index (Phi) is 11.2. The zero-order valence-corrected chi connectivity index (χ0v) is 13.0. The quantitative estimate of drug-likeness (QED) is 0.493. The first-order valence-corrected chi connectivity index (χ1v) is 7.97. The van der Waals surface area contributed by atoms with Gasteiger partial charge in [-0.15, -0.1) is 0 Å². The fraction of sp³-hybridized carbons (Fsp3) is 0.938. The third-order valence-corrected chi connectivity index (χ3v) is 3.76. The number of carbonyl (C=O) groups is 1. The zero-order chi connectivity index (χ0) is 13.8. The number of rotatable bonds is 11. The van der Waals surface area contributed by atoms with Crippen LogP contribution in [0.2, 0.25) is 0 Å². The standard InChI is InChI=1S/C16H33NO/c1-5-9-11-13-15(12-10-6-2)14-16(18)17(7-3)8-4/h15H,5-14H2,1-4H3. The first-order chi connectivity index (χ1) is 8.69. The van der Waals surface area contributed by atoms with E-state index in [0.29, 0.717) is 11.8 Å². The Morgan fingerprint density at radius 2 is 1.44 bits per heavy atom. The van der Waals surface area contributed by atoms with Crippen LogP contribution in [0.5, 0.6) is 0 Å². The second kappa shape index (κ2) is 11.6. The van der Waals surface area contributed by atoms with E-state index in [2.05, 4.69) is 27.7 Å². The molecule has 0 aliphatic heterocycles. The highest BCUT2D eigenvalue weighted by Gasteiger charge is 2.16. The van der Waals surface area contributed by atoms with Crippen LogP contribution in [0.4, 0.5) is 0 Å². The summed E-state index contributed by atoms with van der Waals surface area (Å²) < 4.78 is 0. The van der Waals surface area contributed by atoms with Gasteiger partial charge in [0.2, 0.25) is 5.91 Å². The molecule has 0 N–H and O–H groups in total. The molecule has 1 amide bonds. The summed E-state index contributed by atoms with van der Waals surface area (Å²) in [5, 5.41) is 0. The second-order valence-corrected chi connectivity index (χ2v) is 5.27. The van der Waals surface area contributed by atoms with Crippen molar-refractivity contribution in [1.82, 2.24) is 4.90 Å². The Bertz CT molecular complexity index is 199. The molecule has 0 aromatic heterocycles. The summed E-state index contributed by atoms with van der Waals surface area (Å²) in [5.74, 6) is 0.974. The van der Waals surface area contributed by atoms with E-state index in [-0.39, 0.29) is 0 Å². The van der Waals surface area contributed by atoms with Gasteiger partial charge in [-0.3, -0.25) is 4.79 Å². The molecule has 0 radical (unpaired) electrons. The van der Waals surface area contributed by atoms with Crippen LogP contribution in [0.15, 0.2) is 0 Å². The maximum absolute atomic E-state index is 12.1. The van der Waals surface area contributed by atoms with Crippen molar-refractivity contribution in [3.8, 4) is 0 Å². The average Bonchev–Trinajstić information content (AvgIpc) is 2.37. The minimum atomic E-state index is 0.359. The van der Waals surface area contributed by atoms with Gasteiger partial charge in [-0.05, 0) is 32.6 Å². The maximum Gasteiger partial charge on any atom is 0.222 e. The lowest BCUT2D eigenvalue weighted by Crippen LogP contribution is -2.31. The Balaban J connectivity index is 4.15. The molecule has 0 bridgehead atoms. The van der Waals surface area contributed by atoms with Crippen LogP contribution in [-0.2, 0) is 4.79 Å². The monoisotopic (exact) mass is 255 g/mol. The molecular weight excluding hydrogens is 222 g/mol. The van der Waals surface area contributed by atoms with Crippen molar-refractivity contribution in [2.24, 2.45) is 5.92 Å². The van der Waals surface area contributed by atoms with Crippen molar-refractivity contribution < 1.29 is 4.79 Å². The Hall–Kier alpha value is -0.530. The van der Waals surface area contributed by atoms with Crippen LogP contribution >= 0.6 is 0 Å². The maximum atomic E-state index is 12.1. The number of unbranched alkanes of at least 4 members (excludes halogenated alkanes) is 3. The third kappa shape index (κ3) is 7.73. The summed E-state index contributed by atoms with van der Waals surface area (Å²) >= 11 is 0. The fourth-order valence-corrected chi connectivity index (χ4v) is 2.48. The highest BCUT2D eigenvalue weighted by atomic mass is 16.2. The van der Waals surface area contributed by atoms with Crippen molar-refractivity contribution in [2.75, 3.05) is 13.1 Å². The molecule has 0 heterocycles. The van der Waals surface area contributed by atoms with Crippen molar-refractivity contribution in [3.63, 3.8) is 0 Å². The van der Waals surface area contributed by atoms with E-state index in [4.69, 9.17) is 0 Å². The van der Waals surface area contributed by atoms with Crippen LogP contribution in [-0.4, -0.2) is 23.9 Å². The molecule has 0 spiro atoms. The Labute approximate surface area is 114 Å². The van der Waals surface area contributed by atoms with Gasteiger partial charge in [-0.1, -0.05) is 46.0 Å². The van der Waals surface area contributed by atoms with Gasteiger partial charge in [0.15, 0.2) is 0 Å². The molecule has 0 aliphatic carbocycles. The molecule has 0 rings (SSSR count). The third-order valence-electron chi connectivity index (χ3n) is 3.76. The molecule has 0 aliphatic rings. The molecule has 0 fully saturated rings. The lowest BCUT2D eigenvalue weighted by atomic mass is 9.92. The van der Waals surface area contributed by atoms with Crippen molar-refractivity contribution in [1.29, 1.82) is 0 Å². The number of hydrogen-bond donors (Lipinski definition) is 0. The summed E-state index contributed by atoms with van der Waals surface area (Å²) in [7, 11) is 0. The van der Waals surface area contributed by atoms with E-state index in [1.54, 1.807) is 0 Å². The van der Waals surface area contributed by atoms with Gasteiger partial charge < -0.3 is 4.90 Å². The molecule has 0 saturated heterocycles. The summed E-state index contributed by atoms with van der Waals surface area (Å²) in [6.07, 6.45) is 9.61. The summed E-state index contributed by atoms with van der Waals surface area (Å²) in [4.78, 5) is 14.1. The number of nitrogens with zero attached hydrogens (tertiary/aromatic N) is 1. The minimum absolute atomic E-state index is 0.359. The highest BCUT2D eigenvalue weighted by molar-refractivity contribution is 5.76. The normalized spacial score (nSPS) is 12.4. The summed E-state index contributed by atoms with van der Waals surface area (Å²) in [6, 6.07) is 0. The summed E-state index contributed by atoms with van der Waals surface area (Å²) in [6.45, 7) is 10.3. The average molecular weight is 255 g/mol. The molecule has 2 nitrogen and oxygen atoms in total. The second-order valence-electron chi connectivity index (χ2n) is 5.27. The van der Waals surface area contributed by atoms with Gasteiger partial charge in [0, 0.05) is 19.5 Å². The minimum Gasteiger partial charge on any atom is -0.343 e. The van der Waals surface area contributed by atoms with Gasteiger partial charge in [0.1, 0.15) is 0 Å². The van der Waals surface area contributed by atoms with Gasteiger partial charge in [0.25, 0.3) is 0 Å². The van der Waals surface area contributed by atoms with Crippen LogP contribution in [0, 0.1) is 5.92 Å². The van der Waals surface area contributed by atoms with Gasteiger partial charge in [-0.25, -0.2) is 0 Å². The fourth-order valence-electron chi connectivity index (χ4n) is 2.48. The molecule has 0 aromatic carbocycles. The van der Waals surface area contributed by atoms with Crippen LogP contribution in [0.3, 0.4) is 0 Å². The van der Waals surface area contributed by atoms with Crippen LogP contribution in [0.1, 0.15) is 79.1 Å². The van der Waals surface area contributed by atoms with Crippen LogP contribution in [0.25, 0.3) is 0 Å². The van der Waals surface area contributed by atoms with Crippen LogP contribution < -0.4 is 0 Å². The SMILES string of the molecule is CCCCCC(CCCC)CC(=O)N(CC)CC. The van der Waals surface area contributed by atoms with E-state index in [1.165, 1.54) is 44.9 Å². The Morgan fingerprint density at radius 3 is 1.94 bits per heavy atom. The first kappa shape index (κ1) is 17.5. The molecular formula is C16H33NO. The molecule has 0 aromatic rings. The summed E-state index contributed by atoms with van der Waals surface area (Å²) in [5.41, 5.74) is 0. The van der Waals surface area contributed by atoms with E-state index in [1.807, 2.05) is 4.90 Å². The van der Waals surface area contributed by atoms with Crippen molar-refractivity contribution in [2.45, 2.75) is 79.1 Å². The smallest absolute Gasteiger partial charge is 0.222 e. The van der Waals surface area contributed by atoms with E-state index < -0.39 is 0 Å². The van der Waals surface area contributed by atoms with Crippen molar-refractivity contribution in [3.05, 3.63) is 0 Å². The molecule has 1 unspecified atom stereocenters. The number of hydrogen-bond acceptors (Lipinski definition) is 1. The van der Waals surface area contributed by atoms with Gasteiger partial charge in [0.05, 0.1) is 0 Å². The largest absolute Gasteiger partial charge is 0.343 e. The van der Waals surface area contributed by atoms with E-state index >= 15 is 0 Å². The van der Waals surface area contributed by atoms with E-state index in [9.17, 15) is 4.79 Å². The predicted molar refractivity (Wildman–Crippen MR) is 79.7 cm³/mol. The van der Waals surface area contributed by atoms with Gasteiger partial charge >= 0.3 is 0 Å². The Morgan fingerprint density at radius 1 is 0.889 bits per heavy atom. The highest BCUT2D eigenvalue weighted by Crippen LogP contribution is 2.21. The molecule has 108 valence electrons. The topological polar surface area (TPSA) is 20.3 Å². The molecule has 2 heteroatoms. The number of carbonyl (C=O) groups excluding carboxylic acids is 1. The molecule has 0 saturated carbocycles. The lowest BCUT2D eigenvalue weighted by Gasteiger charge is -2.23. The van der Waals surface area contributed by atoms with E-state index in [0.717, 1.165) is 19.5 Å².